The summed E-state index contributed by atoms with van der Waals surface area (Å²) in [5, 5.41) is 0. The molecule has 0 aliphatic rings. The molecule has 7 nitrogen and oxygen atoms in total. The van der Waals surface area contributed by atoms with Crippen molar-refractivity contribution < 1.29 is 33.2 Å². The number of aryl methyl sites for hydroxylation is 4. The van der Waals surface area contributed by atoms with Crippen LogP contribution in [0.15, 0.2) is 24.3 Å². The number of ether oxygens (including phenoxy) is 6. The Bertz CT molecular complexity index is 909. The molecule has 0 saturated carbocycles. The maximum atomic E-state index is 13.0. The lowest BCUT2D eigenvalue weighted by molar-refractivity contribution is 0.0130. The maximum Gasteiger partial charge on any atom is 0.519 e. The van der Waals surface area contributed by atoms with Gasteiger partial charge in [0.15, 0.2) is 0 Å². The quantitative estimate of drug-likeness (QED) is 0.161. The molecule has 0 aliphatic heterocycles. The summed E-state index contributed by atoms with van der Waals surface area (Å²) in [6, 6.07) is 7.88. The molecule has 0 heterocycles. The summed E-state index contributed by atoms with van der Waals surface area (Å²) in [6.45, 7) is 18.7. The second-order valence-corrected chi connectivity index (χ2v) is 8.87. The number of rotatable bonds is 14. The van der Waals surface area contributed by atoms with Crippen molar-refractivity contribution in [1.29, 1.82) is 0 Å². The SMILES string of the molecule is CCOCCOC(C)c1cc(C)cc(C)c1OC(=O)Oc1c(C)cc(C)cc1C(C)OCCOCC. The van der Waals surface area contributed by atoms with Crippen LogP contribution in [0, 0.1) is 27.7 Å². The van der Waals surface area contributed by atoms with Crippen molar-refractivity contribution in [2.24, 2.45) is 0 Å². The molecule has 36 heavy (non-hydrogen) atoms. The lowest BCUT2D eigenvalue weighted by Gasteiger charge is -2.21. The van der Waals surface area contributed by atoms with Crippen molar-refractivity contribution in [2.75, 3.05) is 39.6 Å². The summed E-state index contributed by atoms with van der Waals surface area (Å²) in [7, 11) is 0. The smallest absolute Gasteiger partial charge is 0.394 e. The Morgan fingerprint density at radius 2 is 1.06 bits per heavy atom. The van der Waals surface area contributed by atoms with Gasteiger partial charge in [0.2, 0.25) is 0 Å². The Hall–Kier alpha value is -2.45. The molecule has 0 amide bonds. The van der Waals surface area contributed by atoms with Gasteiger partial charge in [-0.2, -0.15) is 0 Å². The highest BCUT2D eigenvalue weighted by atomic mass is 16.7. The van der Waals surface area contributed by atoms with Gasteiger partial charge in [-0.25, -0.2) is 4.79 Å². The number of carbonyl (C=O) groups is 1. The minimum absolute atomic E-state index is 0.290. The molecule has 0 saturated heterocycles. The van der Waals surface area contributed by atoms with Crippen LogP contribution in [0.5, 0.6) is 11.5 Å². The predicted octanol–water partition coefficient (Wildman–Crippen LogP) is 6.73. The zero-order chi connectivity index (χ0) is 26.7. The number of hydrogen-bond acceptors (Lipinski definition) is 7. The van der Waals surface area contributed by atoms with Crippen molar-refractivity contribution in [2.45, 2.75) is 67.6 Å². The van der Waals surface area contributed by atoms with E-state index < -0.39 is 6.16 Å². The van der Waals surface area contributed by atoms with Crippen molar-refractivity contribution in [3.8, 4) is 11.5 Å². The van der Waals surface area contributed by atoms with Crippen LogP contribution < -0.4 is 9.47 Å². The van der Waals surface area contributed by atoms with E-state index in [2.05, 4.69) is 0 Å². The third-order valence-electron chi connectivity index (χ3n) is 5.74. The zero-order valence-corrected chi connectivity index (χ0v) is 23.1. The van der Waals surface area contributed by atoms with Crippen molar-refractivity contribution >= 4 is 6.16 Å². The Morgan fingerprint density at radius 1 is 0.667 bits per heavy atom. The average molecular weight is 503 g/mol. The molecule has 0 spiro atoms. The van der Waals surface area contributed by atoms with Gasteiger partial charge >= 0.3 is 6.16 Å². The first kappa shape index (κ1) is 29.8. The molecule has 200 valence electrons. The molecule has 0 fully saturated rings. The zero-order valence-electron chi connectivity index (χ0n) is 23.1. The highest BCUT2D eigenvalue weighted by Crippen LogP contribution is 2.35. The molecule has 2 aromatic carbocycles. The molecule has 0 aromatic heterocycles. The molecule has 0 bridgehead atoms. The molecule has 2 unspecified atom stereocenters. The van der Waals surface area contributed by atoms with Crippen LogP contribution in [0.25, 0.3) is 0 Å². The van der Waals surface area contributed by atoms with E-state index in [0.717, 1.165) is 33.4 Å². The van der Waals surface area contributed by atoms with E-state index in [1.54, 1.807) is 0 Å². The lowest BCUT2D eigenvalue weighted by Crippen LogP contribution is -2.19. The second-order valence-electron chi connectivity index (χ2n) is 8.87. The second kappa shape index (κ2) is 15.0. The van der Waals surface area contributed by atoms with Crippen molar-refractivity contribution in [3.05, 3.63) is 57.6 Å². The summed E-state index contributed by atoms with van der Waals surface area (Å²) < 4.78 is 34.2. The fourth-order valence-electron chi connectivity index (χ4n) is 4.08. The van der Waals surface area contributed by atoms with E-state index in [1.807, 2.05) is 79.7 Å². The number of hydrogen-bond donors (Lipinski definition) is 0. The molecule has 2 rings (SSSR count). The van der Waals surface area contributed by atoms with Gasteiger partial charge in [0.1, 0.15) is 11.5 Å². The van der Waals surface area contributed by atoms with Gasteiger partial charge < -0.3 is 28.4 Å². The fourth-order valence-corrected chi connectivity index (χ4v) is 4.08. The third kappa shape index (κ3) is 8.89. The van der Waals surface area contributed by atoms with Crippen LogP contribution in [0.2, 0.25) is 0 Å². The minimum atomic E-state index is -0.806. The van der Waals surface area contributed by atoms with Crippen LogP contribution in [0.3, 0.4) is 0 Å². The van der Waals surface area contributed by atoms with E-state index in [-0.39, 0.29) is 12.2 Å². The van der Waals surface area contributed by atoms with Gasteiger partial charge in [0, 0.05) is 24.3 Å². The van der Waals surface area contributed by atoms with E-state index in [9.17, 15) is 4.79 Å². The fraction of sp³-hybridized carbons (Fsp3) is 0.552. The molecule has 0 N–H and O–H groups in total. The summed E-state index contributed by atoms with van der Waals surface area (Å²) in [4.78, 5) is 13.0. The normalized spacial score (nSPS) is 12.9. The van der Waals surface area contributed by atoms with Crippen LogP contribution >= 0.6 is 0 Å². The molecule has 0 radical (unpaired) electrons. The van der Waals surface area contributed by atoms with Crippen molar-refractivity contribution in [3.63, 3.8) is 0 Å². The molecule has 2 aromatic rings. The molecule has 2 atom stereocenters. The maximum absolute atomic E-state index is 13.0. The van der Waals surface area contributed by atoms with Gasteiger partial charge in [-0.05, 0) is 78.6 Å². The summed E-state index contributed by atoms with van der Waals surface area (Å²) >= 11 is 0. The van der Waals surface area contributed by atoms with E-state index in [1.165, 1.54) is 0 Å². The van der Waals surface area contributed by atoms with Crippen LogP contribution in [0.1, 0.15) is 73.3 Å². The Morgan fingerprint density at radius 3 is 1.42 bits per heavy atom. The predicted molar refractivity (Wildman–Crippen MR) is 140 cm³/mol. The van der Waals surface area contributed by atoms with Crippen LogP contribution in [-0.2, 0) is 18.9 Å². The van der Waals surface area contributed by atoms with Crippen molar-refractivity contribution in [1.82, 2.24) is 0 Å². The molecule has 7 heteroatoms. The van der Waals surface area contributed by atoms with Crippen LogP contribution in [-0.4, -0.2) is 45.8 Å². The summed E-state index contributed by atoms with van der Waals surface area (Å²) in [5.41, 5.74) is 5.34. The highest BCUT2D eigenvalue weighted by molar-refractivity contribution is 5.70. The van der Waals surface area contributed by atoms with E-state index in [4.69, 9.17) is 28.4 Å². The number of carbonyl (C=O) groups excluding carboxylic acids is 1. The first-order valence-electron chi connectivity index (χ1n) is 12.7. The largest absolute Gasteiger partial charge is 0.519 e. The molecular weight excluding hydrogens is 460 g/mol. The summed E-state index contributed by atoms with van der Waals surface area (Å²) in [5.74, 6) is 0.892. The Balaban J connectivity index is 2.23. The van der Waals surface area contributed by atoms with E-state index in [0.29, 0.717) is 51.1 Å². The lowest BCUT2D eigenvalue weighted by atomic mass is 10.0. The Kier molecular flexibility index (Phi) is 12.4. The molecular formula is C29H42O7. The van der Waals surface area contributed by atoms with Gasteiger partial charge in [0.05, 0.1) is 38.6 Å². The average Bonchev–Trinajstić information content (AvgIpc) is 2.82. The highest BCUT2D eigenvalue weighted by Gasteiger charge is 2.23. The van der Waals surface area contributed by atoms with Gasteiger partial charge in [0.25, 0.3) is 0 Å². The first-order valence-corrected chi connectivity index (χ1v) is 12.7. The van der Waals surface area contributed by atoms with E-state index >= 15 is 0 Å². The summed E-state index contributed by atoms with van der Waals surface area (Å²) in [6.07, 6.45) is -1.39. The Labute approximate surface area is 216 Å². The standard InChI is InChI=1S/C29H42O7/c1-9-31-11-13-33-23(7)25-17-19(3)15-21(5)27(25)35-29(30)36-28-22(6)16-20(4)18-26(28)24(8)34-14-12-32-10-2/h15-18,23-24H,9-14H2,1-8H3. The van der Waals surface area contributed by atoms with Gasteiger partial charge in [-0.3, -0.25) is 0 Å². The van der Waals surface area contributed by atoms with Gasteiger partial charge in [-0.1, -0.05) is 23.3 Å². The van der Waals surface area contributed by atoms with Gasteiger partial charge in [-0.15, -0.1) is 0 Å². The third-order valence-corrected chi connectivity index (χ3v) is 5.74. The number of benzene rings is 2. The first-order chi connectivity index (χ1) is 17.2. The molecule has 0 aliphatic carbocycles. The minimum Gasteiger partial charge on any atom is -0.394 e. The topological polar surface area (TPSA) is 72.5 Å². The van der Waals surface area contributed by atoms with Crippen LogP contribution in [0.4, 0.5) is 4.79 Å². The monoisotopic (exact) mass is 502 g/mol.